The van der Waals surface area contributed by atoms with Crippen molar-refractivity contribution >= 4 is 33.2 Å². The lowest BCUT2D eigenvalue weighted by Crippen LogP contribution is -2.37. The van der Waals surface area contributed by atoms with Crippen LogP contribution >= 0.6 is 23.2 Å². The van der Waals surface area contributed by atoms with Gasteiger partial charge in [0.1, 0.15) is 0 Å². The molecule has 0 heterocycles. The van der Waals surface area contributed by atoms with E-state index in [-0.39, 0.29) is 12.4 Å². The second-order valence-corrected chi connectivity index (χ2v) is 6.43. The van der Waals surface area contributed by atoms with E-state index in [0.717, 1.165) is 0 Å². The average Bonchev–Trinajstić information content (AvgIpc) is 2.31. The molecule has 1 aromatic carbocycles. The SMILES string of the molecule is CCC(CO)NS(=O)(=O)Cc1c(Cl)cccc1Cl. The van der Waals surface area contributed by atoms with Crippen molar-refractivity contribution in [1.82, 2.24) is 4.72 Å². The van der Waals surface area contributed by atoms with Gasteiger partial charge in [-0.1, -0.05) is 36.2 Å². The van der Waals surface area contributed by atoms with E-state index in [4.69, 9.17) is 28.3 Å². The molecule has 0 fully saturated rings. The summed E-state index contributed by atoms with van der Waals surface area (Å²) in [6, 6.07) is 4.33. The Hall–Kier alpha value is -0.330. The molecule has 0 bridgehead atoms. The number of nitrogens with one attached hydrogen (secondary N) is 1. The van der Waals surface area contributed by atoms with E-state index in [1.165, 1.54) is 0 Å². The predicted molar refractivity (Wildman–Crippen MR) is 73.4 cm³/mol. The van der Waals surface area contributed by atoms with Gasteiger partial charge in [0.25, 0.3) is 0 Å². The molecule has 102 valence electrons. The monoisotopic (exact) mass is 311 g/mol. The van der Waals surface area contributed by atoms with Crippen molar-refractivity contribution in [3.8, 4) is 0 Å². The lowest BCUT2D eigenvalue weighted by Gasteiger charge is -2.15. The van der Waals surface area contributed by atoms with E-state index in [1.54, 1.807) is 25.1 Å². The Morgan fingerprint density at radius 3 is 2.33 bits per heavy atom. The molecule has 1 atom stereocenters. The summed E-state index contributed by atoms with van der Waals surface area (Å²) in [7, 11) is -3.58. The number of halogens is 2. The summed E-state index contributed by atoms with van der Waals surface area (Å²) in [5, 5.41) is 9.61. The van der Waals surface area contributed by atoms with Crippen molar-refractivity contribution in [2.45, 2.75) is 25.1 Å². The molecule has 1 unspecified atom stereocenters. The van der Waals surface area contributed by atoms with E-state index in [2.05, 4.69) is 4.72 Å². The Morgan fingerprint density at radius 1 is 1.33 bits per heavy atom. The second-order valence-electron chi connectivity index (χ2n) is 3.86. The fraction of sp³-hybridized carbons (Fsp3) is 0.455. The molecule has 0 saturated carbocycles. The average molecular weight is 312 g/mol. The first-order chi connectivity index (χ1) is 8.39. The Kier molecular flexibility index (Phi) is 5.88. The van der Waals surface area contributed by atoms with E-state index in [0.29, 0.717) is 22.0 Å². The molecule has 0 aliphatic rings. The minimum atomic E-state index is -3.58. The molecule has 0 saturated heterocycles. The first-order valence-electron chi connectivity index (χ1n) is 5.43. The highest BCUT2D eigenvalue weighted by molar-refractivity contribution is 7.88. The fourth-order valence-electron chi connectivity index (χ4n) is 1.41. The van der Waals surface area contributed by atoms with Crippen molar-refractivity contribution in [1.29, 1.82) is 0 Å². The van der Waals surface area contributed by atoms with Gasteiger partial charge in [0.15, 0.2) is 0 Å². The zero-order valence-electron chi connectivity index (χ0n) is 9.86. The summed E-state index contributed by atoms with van der Waals surface area (Å²) in [6.45, 7) is 1.54. The molecular weight excluding hydrogens is 297 g/mol. The van der Waals surface area contributed by atoms with Gasteiger partial charge in [-0.2, -0.15) is 0 Å². The molecule has 2 N–H and O–H groups in total. The first-order valence-corrected chi connectivity index (χ1v) is 7.84. The molecule has 0 spiro atoms. The topological polar surface area (TPSA) is 66.4 Å². The first kappa shape index (κ1) is 15.7. The molecule has 0 radical (unpaired) electrons. The summed E-state index contributed by atoms with van der Waals surface area (Å²) < 4.78 is 26.2. The highest BCUT2D eigenvalue weighted by Crippen LogP contribution is 2.25. The van der Waals surface area contributed by atoms with Gasteiger partial charge in [-0.15, -0.1) is 0 Å². The van der Waals surface area contributed by atoms with Crippen molar-refractivity contribution in [2.75, 3.05) is 6.61 Å². The van der Waals surface area contributed by atoms with E-state index in [9.17, 15) is 8.42 Å². The number of hydrogen-bond donors (Lipinski definition) is 2. The molecule has 0 aliphatic carbocycles. The van der Waals surface area contributed by atoms with Crippen molar-refractivity contribution < 1.29 is 13.5 Å². The summed E-state index contributed by atoms with van der Waals surface area (Å²) >= 11 is 11.8. The van der Waals surface area contributed by atoms with Gasteiger partial charge in [0.2, 0.25) is 10.0 Å². The van der Waals surface area contributed by atoms with Gasteiger partial charge in [-0.25, -0.2) is 13.1 Å². The summed E-state index contributed by atoms with van der Waals surface area (Å²) in [5.74, 6) is -0.304. The van der Waals surface area contributed by atoms with Crippen LogP contribution in [0.15, 0.2) is 18.2 Å². The zero-order chi connectivity index (χ0) is 13.8. The predicted octanol–water partition coefficient (Wildman–Crippen LogP) is 2.18. The maximum Gasteiger partial charge on any atom is 0.216 e. The maximum atomic E-state index is 11.9. The van der Waals surface area contributed by atoms with Crippen molar-refractivity contribution in [3.05, 3.63) is 33.8 Å². The Balaban J connectivity index is 2.89. The smallest absolute Gasteiger partial charge is 0.216 e. The van der Waals surface area contributed by atoms with Gasteiger partial charge in [0, 0.05) is 21.7 Å². The maximum absolute atomic E-state index is 11.9. The molecule has 7 heteroatoms. The molecule has 1 aromatic rings. The molecular formula is C11H15Cl2NO3S. The van der Waals surface area contributed by atoms with Gasteiger partial charge >= 0.3 is 0 Å². The van der Waals surface area contributed by atoms with Crippen LogP contribution in [0.1, 0.15) is 18.9 Å². The van der Waals surface area contributed by atoms with Crippen LogP contribution in [0.5, 0.6) is 0 Å². The van der Waals surface area contributed by atoms with Gasteiger partial charge in [-0.05, 0) is 18.6 Å². The number of benzene rings is 1. The highest BCUT2D eigenvalue weighted by atomic mass is 35.5. The second kappa shape index (κ2) is 6.73. The quantitative estimate of drug-likeness (QED) is 0.846. The number of aliphatic hydroxyl groups is 1. The summed E-state index contributed by atoms with van der Waals surface area (Å²) in [5.41, 5.74) is 0.362. The normalized spacial score (nSPS) is 13.6. The minimum Gasteiger partial charge on any atom is -0.395 e. The van der Waals surface area contributed by atoms with E-state index < -0.39 is 16.1 Å². The molecule has 1 rings (SSSR count). The minimum absolute atomic E-state index is 0.244. The Labute approximate surface area is 117 Å². The van der Waals surface area contributed by atoms with E-state index in [1.807, 2.05) is 0 Å². The third kappa shape index (κ3) is 4.40. The van der Waals surface area contributed by atoms with Crippen molar-refractivity contribution in [2.24, 2.45) is 0 Å². The lowest BCUT2D eigenvalue weighted by atomic mass is 10.2. The highest BCUT2D eigenvalue weighted by Gasteiger charge is 2.19. The molecule has 18 heavy (non-hydrogen) atoms. The third-order valence-corrected chi connectivity index (χ3v) is 4.52. The van der Waals surface area contributed by atoms with Crippen LogP contribution in [0.4, 0.5) is 0 Å². The van der Waals surface area contributed by atoms with Crippen LogP contribution < -0.4 is 4.72 Å². The Morgan fingerprint density at radius 2 is 1.89 bits per heavy atom. The van der Waals surface area contributed by atoms with Crippen LogP contribution in [0.2, 0.25) is 10.0 Å². The fourth-order valence-corrected chi connectivity index (χ4v) is 3.62. The van der Waals surface area contributed by atoms with Gasteiger partial charge in [-0.3, -0.25) is 0 Å². The third-order valence-electron chi connectivity index (χ3n) is 2.46. The Bertz CT molecular complexity index is 481. The van der Waals surface area contributed by atoms with Gasteiger partial charge in [0.05, 0.1) is 12.4 Å². The van der Waals surface area contributed by atoms with Crippen LogP contribution in [-0.4, -0.2) is 26.2 Å². The van der Waals surface area contributed by atoms with Gasteiger partial charge < -0.3 is 5.11 Å². The molecule has 0 aliphatic heterocycles. The van der Waals surface area contributed by atoms with Crippen LogP contribution in [0.3, 0.4) is 0 Å². The van der Waals surface area contributed by atoms with Crippen LogP contribution in [0.25, 0.3) is 0 Å². The van der Waals surface area contributed by atoms with Crippen LogP contribution in [0, 0.1) is 0 Å². The number of rotatable bonds is 6. The summed E-state index contributed by atoms with van der Waals surface area (Å²) in [6.07, 6.45) is 0.506. The van der Waals surface area contributed by atoms with Crippen LogP contribution in [-0.2, 0) is 15.8 Å². The zero-order valence-corrected chi connectivity index (χ0v) is 12.2. The number of hydrogen-bond acceptors (Lipinski definition) is 3. The number of aliphatic hydroxyl groups excluding tert-OH is 1. The largest absolute Gasteiger partial charge is 0.395 e. The molecule has 0 aromatic heterocycles. The molecule has 0 amide bonds. The number of sulfonamides is 1. The molecule has 4 nitrogen and oxygen atoms in total. The standard InChI is InChI=1S/C11H15Cl2NO3S/c1-2-8(6-15)14-18(16,17)7-9-10(12)4-3-5-11(9)13/h3-5,8,14-15H,2,6-7H2,1H3. The van der Waals surface area contributed by atoms with Crippen molar-refractivity contribution in [3.63, 3.8) is 0 Å². The summed E-state index contributed by atoms with van der Waals surface area (Å²) in [4.78, 5) is 0. The van der Waals surface area contributed by atoms with E-state index >= 15 is 0 Å². The lowest BCUT2D eigenvalue weighted by molar-refractivity contribution is 0.254.